The van der Waals surface area contributed by atoms with E-state index in [1.807, 2.05) is 43.3 Å². The minimum absolute atomic E-state index is 0.0397. The van der Waals surface area contributed by atoms with Crippen molar-refractivity contribution in [3.05, 3.63) is 102 Å². The molecular weight excluding hydrogens is 675 g/mol. The van der Waals surface area contributed by atoms with Gasteiger partial charge in [-0.15, -0.1) is 0 Å². The zero-order valence-electron chi connectivity index (χ0n) is 29.1. The van der Waals surface area contributed by atoms with E-state index in [4.69, 9.17) is 15.3 Å². The molecule has 0 spiro atoms. The lowest BCUT2D eigenvalue weighted by Crippen LogP contribution is -2.63. The first-order valence-corrected chi connectivity index (χ1v) is 18.4. The van der Waals surface area contributed by atoms with E-state index in [1.54, 1.807) is 36.4 Å². The summed E-state index contributed by atoms with van der Waals surface area (Å²) in [6, 6.07) is 23.1. The molecule has 0 aromatic heterocycles. The lowest BCUT2D eigenvalue weighted by Gasteiger charge is -2.28. The summed E-state index contributed by atoms with van der Waals surface area (Å²) in [6.07, 6.45) is 2.62. The molecule has 276 valence electrons. The van der Waals surface area contributed by atoms with Crippen LogP contribution < -0.4 is 26.6 Å². The number of ether oxygens (including phenoxy) is 1. The predicted octanol–water partition coefficient (Wildman–Crippen LogP) is 2.62. The summed E-state index contributed by atoms with van der Waals surface area (Å²) in [4.78, 5) is 57.5. The number of carbonyl (C=O) groups is 4. The number of methoxy groups -OCH3 is 1. The molecule has 0 radical (unpaired) electrons. The normalized spacial score (nSPS) is 13.7. The van der Waals surface area contributed by atoms with Crippen molar-refractivity contribution in [2.75, 3.05) is 20.2 Å². The second kappa shape index (κ2) is 21.0. The Balaban J connectivity index is 1.56. The van der Waals surface area contributed by atoms with Crippen molar-refractivity contribution in [1.82, 2.24) is 20.8 Å². The Morgan fingerprint density at radius 2 is 1.47 bits per heavy atom. The summed E-state index contributed by atoms with van der Waals surface area (Å²) in [5.41, 5.74) is 9.76. The zero-order valence-corrected chi connectivity index (χ0v) is 30.0. The molecule has 51 heavy (non-hydrogen) atoms. The Labute approximate surface area is 300 Å². The van der Waals surface area contributed by atoms with Gasteiger partial charge in [-0.1, -0.05) is 78.4 Å². The van der Waals surface area contributed by atoms with Gasteiger partial charge >= 0.3 is 5.97 Å². The average Bonchev–Trinajstić information content (AvgIpc) is 3.13. The van der Waals surface area contributed by atoms with Gasteiger partial charge in [-0.25, -0.2) is 23.4 Å². The van der Waals surface area contributed by atoms with Crippen LogP contribution in [0.25, 0.3) is 0 Å². The van der Waals surface area contributed by atoms with E-state index < -0.39 is 45.4 Å². The molecule has 0 unspecified atom stereocenters. The third kappa shape index (κ3) is 13.6. The van der Waals surface area contributed by atoms with Gasteiger partial charge < -0.3 is 25.9 Å². The number of unbranched alkanes of at least 4 members (excludes halogenated alkanes) is 2. The number of aryl methyl sites for hydroxylation is 1. The highest BCUT2D eigenvalue weighted by atomic mass is 32.2. The highest BCUT2D eigenvalue weighted by Gasteiger charge is 2.44. The van der Waals surface area contributed by atoms with Crippen LogP contribution in [0.3, 0.4) is 0 Å². The van der Waals surface area contributed by atoms with Gasteiger partial charge in [0.2, 0.25) is 15.9 Å². The molecule has 0 bridgehead atoms. The summed E-state index contributed by atoms with van der Waals surface area (Å²) in [7, 11) is -2.65. The fourth-order valence-electron chi connectivity index (χ4n) is 5.17. The van der Waals surface area contributed by atoms with Gasteiger partial charge in [0.1, 0.15) is 12.3 Å². The molecule has 0 aliphatic heterocycles. The molecular formula is C37H49N5O8S. The maximum Gasteiger partial charge on any atom is 0.335 e. The number of nitrogens with one attached hydrogen (secondary N) is 4. The first-order valence-electron chi connectivity index (χ1n) is 16.9. The number of esters is 1. The smallest absolute Gasteiger partial charge is 0.335 e. The monoisotopic (exact) mass is 723 g/mol. The lowest BCUT2D eigenvalue weighted by molar-refractivity contribution is -0.153. The molecule has 0 saturated carbocycles. The number of hydrogen-bond donors (Lipinski definition) is 5. The Morgan fingerprint density at radius 3 is 2.10 bits per heavy atom. The van der Waals surface area contributed by atoms with Crippen LogP contribution >= 0.6 is 0 Å². The summed E-state index contributed by atoms with van der Waals surface area (Å²) >= 11 is 0. The van der Waals surface area contributed by atoms with E-state index in [1.165, 1.54) is 12.1 Å². The van der Waals surface area contributed by atoms with E-state index in [9.17, 15) is 27.6 Å². The molecule has 3 aromatic carbocycles. The highest BCUT2D eigenvalue weighted by molar-refractivity contribution is 7.89. The van der Waals surface area contributed by atoms with E-state index in [-0.39, 0.29) is 37.1 Å². The van der Waals surface area contributed by atoms with Gasteiger partial charge in [-0.05, 0) is 68.7 Å². The second-order valence-electron chi connectivity index (χ2n) is 12.3. The van der Waals surface area contributed by atoms with Gasteiger partial charge in [0.05, 0.1) is 24.7 Å². The number of carbonyl (C=O) groups excluding carboxylic acids is 4. The van der Waals surface area contributed by atoms with Crippen LogP contribution in [0.1, 0.15) is 55.2 Å². The number of benzene rings is 3. The molecule has 2 amide bonds. The molecule has 0 fully saturated rings. The van der Waals surface area contributed by atoms with Crippen LogP contribution in [0.2, 0.25) is 0 Å². The van der Waals surface area contributed by atoms with Crippen molar-refractivity contribution in [3.63, 3.8) is 0 Å². The Hall–Kier alpha value is -4.47. The summed E-state index contributed by atoms with van der Waals surface area (Å²) < 4.78 is 32.6. The number of rotatable bonds is 23. The Bertz CT molecular complexity index is 1640. The SMILES string of the molecule is COC(=O)[C@@](N)(CCCCNS(=O)(=O)c1ccc(C)cc1)C(=O)N[C@@H](Cc1ccccc1)C(=O)N[C@H](C=O)CCCCNOCc1ccccc1. The zero-order chi connectivity index (χ0) is 37.1. The van der Waals surface area contributed by atoms with Gasteiger partial charge in [0, 0.05) is 19.5 Å². The van der Waals surface area contributed by atoms with Crippen LogP contribution in [-0.4, -0.2) is 70.3 Å². The molecule has 0 aliphatic rings. The lowest BCUT2D eigenvalue weighted by atomic mass is 9.91. The second-order valence-corrected chi connectivity index (χ2v) is 14.0. The van der Waals surface area contributed by atoms with Gasteiger partial charge in [-0.2, -0.15) is 0 Å². The Morgan fingerprint density at radius 1 is 0.843 bits per heavy atom. The van der Waals surface area contributed by atoms with Crippen molar-refractivity contribution in [1.29, 1.82) is 0 Å². The number of aldehydes is 1. The fourth-order valence-corrected chi connectivity index (χ4v) is 6.25. The number of nitrogens with two attached hydrogens (primary N) is 1. The molecule has 3 rings (SSSR count). The van der Waals surface area contributed by atoms with Gasteiger partial charge in [0.15, 0.2) is 5.54 Å². The first-order chi connectivity index (χ1) is 24.5. The van der Waals surface area contributed by atoms with Crippen LogP contribution in [0.15, 0.2) is 89.8 Å². The molecule has 6 N–H and O–H groups in total. The fraction of sp³-hybridized carbons (Fsp3) is 0.405. The molecule has 14 heteroatoms. The quantitative estimate of drug-likeness (QED) is 0.0319. The van der Waals surface area contributed by atoms with Gasteiger partial charge in [0.25, 0.3) is 5.91 Å². The van der Waals surface area contributed by atoms with Crippen LogP contribution in [0.5, 0.6) is 0 Å². The van der Waals surface area contributed by atoms with Gasteiger partial charge in [-0.3, -0.25) is 14.4 Å². The summed E-state index contributed by atoms with van der Waals surface area (Å²) in [5, 5.41) is 5.32. The van der Waals surface area contributed by atoms with Crippen LogP contribution in [-0.2, 0) is 51.8 Å². The minimum Gasteiger partial charge on any atom is -0.467 e. The molecule has 0 saturated heterocycles. The average molecular weight is 724 g/mol. The molecule has 3 aromatic rings. The van der Waals surface area contributed by atoms with Crippen molar-refractivity contribution in [3.8, 4) is 0 Å². The van der Waals surface area contributed by atoms with Crippen LogP contribution in [0.4, 0.5) is 0 Å². The van der Waals surface area contributed by atoms with E-state index in [2.05, 4.69) is 20.8 Å². The van der Waals surface area contributed by atoms with Crippen molar-refractivity contribution >= 4 is 34.1 Å². The topological polar surface area (TPSA) is 195 Å². The molecule has 0 heterocycles. The maximum atomic E-state index is 13.6. The molecule has 3 atom stereocenters. The first kappa shape index (κ1) is 41.0. The van der Waals surface area contributed by atoms with Crippen molar-refractivity contribution in [2.45, 2.75) is 81.0 Å². The largest absolute Gasteiger partial charge is 0.467 e. The van der Waals surface area contributed by atoms with Crippen LogP contribution in [0, 0.1) is 6.92 Å². The number of hydroxylamine groups is 1. The standard InChI is InChI=1S/C37H49N5O8S/c1-28-18-20-32(21-19-28)51(47,48)40-24-12-10-22-37(38,36(46)49-2)35(45)42-33(25-29-13-5-3-6-14-29)34(44)41-31(26-43)17-9-11-23-39-50-27-30-15-7-4-8-16-30/h3-8,13-16,18-21,26,31,33,39-40H,9-12,17,22-25,27,38H2,1-2H3,(H,41,44)(H,42,45)/t31-,33-,37+/m0/s1. The third-order valence-corrected chi connectivity index (χ3v) is 9.68. The minimum atomic E-state index is -3.75. The predicted molar refractivity (Wildman–Crippen MR) is 192 cm³/mol. The Kier molecular flexibility index (Phi) is 16.9. The van der Waals surface area contributed by atoms with Crippen molar-refractivity contribution in [2.24, 2.45) is 5.73 Å². The summed E-state index contributed by atoms with van der Waals surface area (Å²) in [5.74, 6) is -2.56. The molecule has 13 nitrogen and oxygen atoms in total. The summed E-state index contributed by atoms with van der Waals surface area (Å²) in [6.45, 7) is 2.85. The third-order valence-electron chi connectivity index (χ3n) is 8.20. The van der Waals surface area contributed by atoms with E-state index in [0.717, 1.165) is 23.8 Å². The van der Waals surface area contributed by atoms with E-state index >= 15 is 0 Å². The van der Waals surface area contributed by atoms with E-state index in [0.29, 0.717) is 38.7 Å². The highest BCUT2D eigenvalue weighted by Crippen LogP contribution is 2.17. The maximum absolute atomic E-state index is 13.6. The number of sulfonamides is 1. The van der Waals surface area contributed by atoms with Crippen molar-refractivity contribution < 1.29 is 37.2 Å². The number of hydrogen-bond acceptors (Lipinski definition) is 10. The molecule has 0 aliphatic carbocycles. The number of amides is 2.